The fourth-order valence-corrected chi connectivity index (χ4v) is 0.889. The Hall–Kier alpha value is -0.570. The third kappa shape index (κ3) is 1.78. The molecule has 0 aromatic carbocycles. The molecule has 0 atom stereocenters. The van der Waals surface area contributed by atoms with Crippen molar-refractivity contribution in [3.05, 3.63) is 0 Å². The Morgan fingerprint density at radius 2 is 1.75 bits per heavy atom. The molecule has 12 heavy (non-hydrogen) atoms. The van der Waals surface area contributed by atoms with E-state index in [4.69, 9.17) is 5.21 Å². The molecule has 0 radical (unpaired) electrons. The van der Waals surface area contributed by atoms with Gasteiger partial charge in [0.05, 0.1) is 5.41 Å². The molecule has 3 nitrogen and oxygen atoms in total. The lowest BCUT2D eigenvalue weighted by atomic mass is 9.66. The zero-order valence-electron chi connectivity index (χ0n) is 8.56. The van der Waals surface area contributed by atoms with Gasteiger partial charge in [0.1, 0.15) is 0 Å². The molecule has 2 N–H and O–H groups in total. The minimum atomic E-state index is -0.545. The van der Waals surface area contributed by atoms with Crippen molar-refractivity contribution < 1.29 is 10.0 Å². The quantitative estimate of drug-likeness (QED) is 0.506. The van der Waals surface area contributed by atoms with Crippen LogP contribution in [-0.2, 0) is 4.79 Å². The van der Waals surface area contributed by atoms with Gasteiger partial charge in [0.25, 0.3) is 0 Å². The highest BCUT2D eigenvalue weighted by Crippen LogP contribution is 2.40. The number of nitrogens with one attached hydrogen (secondary N) is 1. The number of carbonyl (C=O) groups excluding carboxylic acids is 1. The number of hydrogen-bond acceptors (Lipinski definition) is 2. The lowest BCUT2D eigenvalue weighted by molar-refractivity contribution is -0.144. The fraction of sp³-hybridized carbons (Fsp3) is 0.889. The lowest BCUT2D eigenvalue weighted by Crippen LogP contribution is -2.45. The van der Waals surface area contributed by atoms with Gasteiger partial charge in [-0.3, -0.25) is 10.0 Å². The highest BCUT2D eigenvalue weighted by molar-refractivity contribution is 5.81. The molecule has 0 bridgehead atoms. The highest BCUT2D eigenvalue weighted by Gasteiger charge is 2.41. The van der Waals surface area contributed by atoms with Crippen molar-refractivity contribution in [2.45, 2.75) is 41.0 Å². The molecule has 0 aliphatic rings. The summed E-state index contributed by atoms with van der Waals surface area (Å²) in [6.45, 7) is 9.74. The van der Waals surface area contributed by atoms with Crippen molar-refractivity contribution in [2.75, 3.05) is 0 Å². The third-order valence-electron chi connectivity index (χ3n) is 3.25. The van der Waals surface area contributed by atoms with E-state index in [-0.39, 0.29) is 11.3 Å². The van der Waals surface area contributed by atoms with Crippen molar-refractivity contribution in [3.8, 4) is 0 Å². The molecular formula is C9H19NO2. The molecule has 0 aromatic rings. The molecule has 0 fully saturated rings. The van der Waals surface area contributed by atoms with Gasteiger partial charge >= 0.3 is 0 Å². The summed E-state index contributed by atoms with van der Waals surface area (Å²) in [6.07, 6.45) is 0.896. The van der Waals surface area contributed by atoms with Crippen LogP contribution in [0.2, 0.25) is 0 Å². The zero-order chi connectivity index (χ0) is 9.99. The summed E-state index contributed by atoms with van der Waals surface area (Å²) in [5.41, 5.74) is 1.05. The molecular weight excluding hydrogens is 154 g/mol. The van der Waals surface area contributed by atoms with Crippen molar-refractivity contribution in [3.63, 3.8) is 0 Å². The van der Waals surface area contributed by atoms with E-state index in [1.54, 1.807) is 5.48 Å². The summed E-state index contributed by atoms with van der Waals surface area (Å²) in [5, 5.41) is 8.53. The maximum atomic E-state index is 11.3. The van der Waals surface area contributed by atoms with E-state index in [2.05, 4.69) is 0 Å². The Labute approximate surface area is 74.1 Å². The van der Waals surface area contributed by atoms with E-state index in [1.807, 2.05) is 34.6 Å². The van der Waals surface area contributed by atoms with Crippen LogP contribution in [0.3, 0.4) is 0 Å². The Balaban J connectivity index is 4.71. The van der Waals surface area contributed by atoms with Gasteiger partial charge in [0.2, 0.25) is 5.91 Å². The number of hydroxylamine groups is 1. The van der Waals surface area contributed by atoms with E-state index in [1.165, 1.54) is 0 Å². The minimum Gasteiger partial charge on any atom is -0.289 e. The summed E-state index contributed by atoms with van der Waals surface area (Å²) in [6, 6.07) is 0. The first-order valence-corrected chi connectivity index (χ1v) is 4.24. The maximum absolute atomic E-state index is 11.3. The molecule has 0 rings (SSSR count). The monoisotopic (exact) mass is 173 g/mol. The summed E-state index contributed by atoms with van der Waals surface area (Å²) >= 11 is 0. The van der Waals surface area contributed by atoms with Gasteiger partial charge in [-0.05, 0) is 11.8 Å². The number of carbonyl (C=O) groups is 1. The molecule has 1 amide bonds. The molecule has 0 heterocycles. The Morgan fingerprint density at radius 3 is 2.00 bits per heavy atom. The van der Waals surface area contributed by atoms with E-state index in [0.29, 0.717) is 0 Å². The molecule has 0 aliphatic heterocycles. The SMILES string of the molecule is CCC(C)(C)C(C)(C)C(=O)NO. The number of amides is 1. The van der Waals surface area contributed by atoms with Crippen molar-refractivity contribution in [1.82, 2.24) is 5.48 Å². The molecule has 0 aliphatic carbocycles. The van der Waals surface area contributed by atoms with E-state index >= 15 is 0 Å². The first kappa shape index (κ1) is 11.4. The summed E-state index contributed by atoms with van der Waals surface area (Å²) < 4.78 is 0. The van der Waals surface area contributed by atoms with E-state index < -0.39 is 5.41 Å². The lowest BCUT2D eigenvalue weighted by Gasteiger charge is -2.38. The number of rotatable bonds is 3. The van der Waals surface area contributed by atoms with Gasteiger partial charge in [-0.2, -0.15) is 0 Å². The average molecular weight is 173 g/mol. The van der Waals surface area contributed by atoms with Gasteiger partial charge in [-0.25, -0.2) is 5.48 Å². The smallest absolute Gasteiger partial charge is 0.249 e. The average Bonchev–Trinajstić information content (AvgIpc) is 2.02. The molecule has 72 valence electrons. The van der Waals surface area contributed by atoms with Gasteiger partial charge in [-0.15, -0.1) is 0 Å². The molecule has 0 saturated heterocycles. The Bertz CT molecular complexity index is 173. The Morgan fingerprint density at radius 1 is 1.33 bits per heavy atom. The standard InChI is InChI=1S/C9H19NO2/c1-6-8(2,3)9(4,5)7(11)10-12/h12H,6H2,1-5H3,(H,10,11). The first-order valence-electron chi connectivity index (χ1n) is 4.24. The van der Waals surface area contributed by atoms with Crippen LogP contribution in [0.15, 0.2) is 0 Å². The van der Waals surface area contributed by atoms with E-state index in [0.717, 1.165) is 6.42 Å². The maximum Gasteiger partial charge on any atom is 0.249 e. The van der Waals surface area contributed by atoms with Crippen molar-refractivity contribution >= 4 is 5.91 Å². The summed E-state index contributed by atoms with van der Waals surface area (Å²) in [5.74, 6) is -0.325. The van der Waals surface area contributed by atoms with Crippen LogP contribution >= 0.6 is 0 Å². The van der Waals surface area contributed by atoms with Crippen LogP contribution in [0.25, 0.3) is 0 Å². The van der Waals surface area contributed by atoms with Crippen LogP contribution in [0.5, 0.6) is 0 Å². The van der Waals surface area contributed by atoms with Gasteiger partial charge in [0, 0.05) is 0 Å². The summed E-state index contributed by atoms with van der Waals surface area (Å²) in [4.78, 5) is 11.3. The molecule has 0 unspecified atom stereocenters. The topological polar surface area (TPSA) is 49.3 Å². The minimum absolute atomic E-state index is 0.111. The van der Waals surface area contributed by atoms with E-state index in [9.17, 15) is 4.79 Å². The largest absolute Gasteiger partial charge is 0.289 e. The van der Waals surface area contributed by atoms with Crippen LogP contribution in [0.4, 0.5) is 0 Å². The molecule has 0 aromatic heterocycles. The second kappa shape index (κ2) is 3.44. The van der Waals surface area contributed by atoms with Gasteiger partial charge < -0.3 is 0 Å². The van der Waals surface area contributed by atoms with Crippen LogP contribution in [0, 0.1) is 10.8 Å². The zero-order valence-corrected chi connectivity index (χ0v) is 8.56. The summed E-state index contributed by atoms with van der Waals surface area (Å²) in [7, 11) is 0. The van der Waals surface area contributed by atoms with Crippen molar-refractivity contribution in [2.24, 2.45) is 10.8 Å². The highest BCUT2D eigenvalue weighted by atomic mass is 16.5. The predicted molar refractivity (Wildman–Crippen MR) is 47.8 cm³/mol. The molecule has 0 saturated carbocycles. The van der Waals surface area contributed by atoms with Gasteiger partial charge in [0.15, 0.2) is 0 Å². The fourth-order valence-electron chi connectivity index (χ4n) is 0.889. The second-order valence-electron chi connectivity index (χ2n) is 4.30. The molecule has 0 spiro atoms. The Kier molecular flexibility index (Phi) is 3.27. The number of hydrogen-bond donors (Lipinski definition) is 2. The van der Waals surface area contributed by atoms with Crippen LogP contribution in [-0.4, -0.2) is 11.1 Å². The third-order valence-corrected chi connectivity index (χ3v) is 3.25. The van der Waals surface area contributed by atoms with Crippen LogP contribution in [0.1, 0.15) is 41.0 Å². The normalized spacial score (nSPS) is 12.8. The molecule has 3 heteroatoms. The van der Waals surface area contributed by atoms with Gasteiger partial charge in [-0.1, -0.05) is 34.6 Å². The predicted octanol–water partition coefficient (Wildman–Crippen LogP) is 1.95. The van der Waals surface area contributed by atoms with Crippen LogP contribution < -0.4 is 5.48 Å². The first-order chi connectivity index (χ1) is 5.29. The van der Waals surface area contributed by atoms with Crippen molar-refractivity contribution in [1.29, 1.82) is 0 Å². The second-order valence-corrected chi connectivity index (χ2v) is 4.30.